The normalized spacial score (nSPS) is 27.0. The molecule has 1 aromatic carbocycles. The molecule has 5 rings (SSSR count). The Morgan fingerprint density at radius 1 is 1.14 bits per heavy atom. The largest absolute Gasteiger partial charge is 0.497 e. The second-order valence-corrected chi connectivity index (χ2v) is 9.60. The average molecular weight is 499 g/mol. The van der Waals surface area contributed by atoms with E-state index in [1.807, 2.05) is 12.1 Å². The van der Waals surface area contributed by atoms with Gasteiger partial charge in [0.25, 0.3) is 0 Å². The molecule has 2 fully saturated rings. The van der Waals surface area contributed by atoms with Crippen molar-refractivity contribution in [3.63, 3.8) is 0 Å². The fourth-order valence-corrected chi connectivity index (χ4v) is 4.96. The number of hydrogen-bond acceptors (Lipinski definition) is 8. The van der Waals surface area contributed by atoms with Crippen molar-refractivity contribution in [1.82, 2.24) is 20.2 Å². The van der Waals surface area contributed by atoms with Gasteiger partial charge in [0.1, 0.15) is 36.2 Å². The fourth-order valence-electron chi connectivity index (χ4n) is 4.96. The molecule has 4 unspecified atom stereocenters. The Bertz CT molecular complexity index is 1170. The molecule has 11 heteroatoms. The predicted molar refractivity (Wildman–Crippen MR) is 127 cm³/mol. The third-order valence-corrected chi connectivity index (χ3v) is 7.04. The number of methoxy groups -OCH3 is 1. The number of rotatable bonds is 2. The molecule has 2 N–H and O–H groups in total. The topological polar surface area (TPSA) is 140 Å². The van der Waals surface area contributed by atoms with Gasteiger partial charge >= 0.3 is 12.1 Å². The molecule has 36 heavy (non-hydrogen) atoms. The van der Waals surface area contributed by atoms with Crippen molar-refractivity contribution >= 4 is 29.0 Å². The minimum atomic E-state index is -1.13. The summed E-state index contributed by atoms with van der Waals surface area (Å²) in [5.74, 6) is -0.295. The van der Waals surface area contributed by atoms with Crippen LogP contribution in [0.2, 0.25) is 0 Å². The van der Waals surface area contributed by atoms with Gasteiger partial charge in [-0.15, -0.1) is 0 Å². The van der Waals surface area contributed by atoms with Gasteiger partial charge in [-0.2, -0.15) is 0 Å². The first-order valence-electron chi connectivity index (χ1n) is 12.4. The number of nitrogens with one attached hydrogen (secondary N) is 1. The quantitative estimate of drug-likeness (QED) is 0.638. The molecule has 1 aromatic heterocycles. The van der Waals surface area contributed by atoms with Crippen LogP contribution in [0.15, 0.2) is 18.2 Å². The van der Waals surface area contributed by atoms with E-state index in [1.54, 1.807) is 13.2 Å². The van der Waals surface area contributed by atoms with E-state index < -0.39 is 30.1 Å². The summed E-state index contributed by atoms with van der Waals surface area (Å²) in [5, 5.41) is 12.2. The molecule has 1 saturated heterocycles. The van der Waals surface area contributed by atoms with Crippen LogP contribution in [0.5, 0.6) is 11.6 Å². The highest BCUT2D eigenvalue weighted by molar-refractivity contribution is 5.87. The summed E-state index contributed by atoms with van der Waals surface area (Å²) in [6, 6.07) is 4.40. The predicted octanol–water partition coefficient (Wildman–Crippen LogP) is 2.30. The number of benzene rings is 1. The van der Waals surface area contributed by atoms with E-state index in [1.165, 1.54) is 4.90 Å². The zero-order valence-corrected chi connectivity index (χ0v) is 20.1. The van der Waals surface area contributed by atoms with Crippen molar-refractivity contribution in [1.29, 1.82) is 0 Å². The van der Waals surface area contributed by atoms with Gasteiger partial charge in [-0.25, -0.2) is 19.6 Å². The first kappa shape index (κ1) is 24.1. The highest BCUT2D eigenvalue weighted by atomic mass is 16.6. The van der Waals surface area contributed by atoms with Crippen molar-refractivity contribution < 1.29 is 33.7 Å². The maximum Gasteiger partial charge on any atom is 0.407 e. The molecular formula is C25H30N4O7. The van der Waals surface area contributed by atoms with Crippen LogP contribution in [-0.4, -0.2) is 76.4 Å². The van der Waals surface area contributed by atoms with E-state index >= 15 is 0 Å². The molecule has 11 nitrogen and oxygen atoms in total. The number of carbonyl (C=O) groups is 3. The van der Waals surface area contributed by atoms with Crippen LogP contribution in [0.1, 0.15) is 44.2 Å². The van der Waals surface area contributed by atoms with Gasteiger partial charge in [0, 0.05) is 12.5 Å². The van der Waals surface area contributed by atoms with E-state index in [-0.39, 0.29) is 25.6 Å². The Hall–Kier alpha value is -3.63. The molecule has 2 bridgehead atoms. The summed E-state index contributed by atoms with van der Waals surface area (Å²) in [5.41, 5.74) is 2.05. The number of fused-ring (bicyclic) bond motifs is 5. The molecule has 1 saturated carbocycles. The number of alkyl carbamates (subject to hydrolysis) is 1. The Balaban J connectivity index is 1.42. The molecule has 192 valence electrons. The van der Waals surface area contributed by atoms with Crippen molar-refractivity contribution in [2.45, 2.75) is 63.2 Å². The van der Waals surface area contributed by atoms with Gasteiger partial charge in [-0.3, -0.25) is 4.79 Å². The van der Waals surface area contributed by atoms with E-state index in [2.05, 4.69) is 5.32 Å². The highest BCUT2D eigenvalue weighted by Gasteiger charge is 2.42. The van der Waals surface area contributed by atoms with Crippen LogP contribution in [0.3, 0.4) is 0 Å². The smallest absolute Gasteiger partial charge is 0.407 e. The summed E-state index contributed by atoms with van der Waals surface area (Å²) >= 11 is 0. The first-order valence-corrected chi connectivity index (χ1v) is 12.4. The lowest BCUT2D eigenvalue weighted by Crippen LogP contribution is -2.46. The van der Waals surface area contributed by atoms with Gasteiger partial charge in [0.2, 0.25) is 11.8 Å². The van der Waals surface area contributed by atoms with Crippen LogP contribution in [0, 0.1) is 5.92 Å². The van der Waals surface area contributed by atoms with Crippen LogP contribution < -0.4 is 14.8 Å². The van der Waals surface area contributed by atoms with E-state index in [0.717, 1.165) is 37.6 Å². The summed E-state index contributed by atoms with van der Waals surface area (Å²) in [4.78, 5) is 47.5. The van der Waals surface area contributed by atoms with Crippen molar-refractivity contribution in [2.75, 3.05) is 20.2 Å². The molecule has 2 aliphatic heterocycles. The number of hydrogen-bond donors (Lipinski definition) is 2. The lowest BCUT2D eigenvalue weighted by Gasteiger charge is -2.21. The number of amides is 2. The number of nitrogens with zero attached hydrogens (tertiary/aromatic N) is 3. The Morgan fingerprint density at radius 3 is 2.81 bits per heavy atom. The van der Waals surface area contributed by atoms with E-state index in [4.69, 9.17) is 24.2 Å². The molecule has 1 aliphatic carbocycles. The lowest BCUT2D eigenvalue weighted by molar-refractivity contribution is -0.147. The van der Waals surface area contributed by atoms with Gasteiger partial charge in [-0.1, -0.05) is 12.8 Å². The number of carboxylic acids is 1. The van der Waals surface area contributed by atoms with Crippen molar-refractivity contribution in [3.8, 4) is 11.6 Å². The SMILES string of the molecule is COc1ccc2nc3c(nc2c1)OC1CC(C(=O)O)N(C1)C(=O)CNC(=O)OC1CC1CCCCC3. The summed E-state index contributed by atoms with van der Waals surface area (Å²) in [7, 11) is 1.58. The van der Waals surface area contributed by atoms with E-state index in [0.29, 0.717) is 35.2 Å². The Kier molecular flexibility index (Phi) is 6.80. The molecule has 0 radical (unpaired) electrons. The number of aromatic nitrogens is 2. The van der Waals surface area contributed by atoms with Gasteiger partial charge in [0.05, 0.1) is 24.7 Å². The molecule has 4 atom stereocenters. The van der Waals surface area contributed by atoms with Crippen LogP contribution in [0.25, 0.3) is 11.0 Å². The Morgan fingerprint density at radius 2 is 2.00 bits per heavy atom. The lowest BCUT2D eigenvalue weighted by atomic mass is 10.1. The zero-order chi connectivity index (χ0) is 25.2. The van der Waals surface area contributed by atoms with Gasteiger partial charge < -0.3 is 29.5 Å². The number of aliphatic carboxylic acids is 1. The second kappa shape index (κ2) is 10.2. The third-order valence-electron chi connectivity index (χ3n) is 7.04. The average Bonchev–Trinajstić information content (AvgIpc) is 3.44. The second-order valence-electron chi connectivity index (χ2n) is 9.60. The zero-order valence-electron chi connectivity index (χ0n) is 20.1. The maximum atomic E-state index is 12.8. The third kappa shape index (κ3) is 5.29. The van der Waals surface area contributed by atoms with Crippen molar-refractivity contribution in [3.05, 3.63) is 23.9 Å². The summed E-state index contributed by atoms with van der Waals surface area (Å²) < 4.78 is 16.9. The summed E-state index contributed by atoms with van der Waals surface area (Å²) in [6.07, 6.45) is 4.10. The van der Waals surface area contributed by atoms with Gasteiger partial charge in [-0.05, 0) is 43.7 Å². The van der Waals surface area contributed by atoms with Crippen LogP contribution in [0.4, 0.5) is 4.79 Å². The first-order chi connectivity index (χ1) is 17.4. The number of ether oxygens (including phenoxy) is 3. The monoisotopic (exact) mass is 498 g/mol. The molecule has 3 heterocycles. The highest BCUT2D eigenvalue weighted by Crippen LogP contribution is 2.38. The standard InChI is InChI=1S/C25H30N4O7/c1-34-15-7-8-17-19(10-15)28-23-18(27-17)6-4-2-3-5-14-9-21(14)36-25(33)26-12-22(30)29-13-16(35-23)11-20(29)24(31)32/h7-8,10,14,16,20-21H,2-6,9,11-13H2,1H3,(H,26,33)(H,31,32). The van der Waals surface area contributed by atoms with Gasteiger partial charge in [0.15, 0.2) is 0 Å². The van der Waals surface area contributed by atoms with Crippen LogP contribution >= 0.6 is 0 Å². The van der Waals surface area contributed by atoms with Crippen molar-refractivity contribution in [2.24, 2.45) is 5.92 Å². The van der Waals surface area contributed by atoms with E-state index in [9.17, 15) is 19.5 Å². The maximum absolute atomic E-state index is 12.8. The minimum absolute atomic E-state index is 0.0640. The molecule has 2 aromatic rings. The fraction of sp³-hybridized carbons (Fsp3) is 0.560. The molecule has 0 spiro atoms. The number of carboxylic acid groups (broad SMARTS) is 1. The number of carbonyl (C=O) groups excluding carboxylic acids is 2. The molecular weight excluding hydrogens is 468 g/mol. The van der Waals surface area contributed by atoms with Crippen LogP contribution in [-0.2, 0) is 20.7 Å². The Labute approximate surface area is 208 Å². The number of aryl methyl sites for hydroxylation is 1. The molecule has 2 amide bonds. The minimum Gasteiger partial charge on any atom is -0.497 e. The molecule has 3 aliphatic rings. The summed E-state index contributed by atoms with van der Waals surface area (Å²) in [6.45, 7) is -0.276.